The van der Waals surface area contributed by atoms with Gasteiger partial charge in [-0.3, -0.25) is 0 Å². The molecule has 2 heteroatoms. The minimum absolute atomic E-state index is 0.0783. The number of aryl methyl sites for hydroxylation is 1. The minimum atomic E-state index is 0.0783. The first kappa shape index (κ1) is 15.0. The molecule has 1 unspecified atom stereocenters. The Balaban J connectivity index is 1.90. The first-order valence-corrected chi connectivity index (χ1v) is 8.40. The number of rotatable bonds is 3. The van der Waals surface area contributed by atoms with Crippen molar-refractivity contribution < 1.29 is 4.74 Å². The fourth-order valence-corrected chi connectivity index (χ4v) is 3.39. The number of hydrogen-bond acceptors (Lipinski definition) is 2. The Hall–Kier alpha value is -2.58. The van der Waals surface area contributed by atoms with Crippen LogP contribution in [0.25, 0.3) is 22.3 Å². The van der Waals surface area contributed by atoms with E-state index in [9.17, 15) is 0 Å². The zero-order valence-electron chi connectivity index (χ0n) is 13.8. The molecule has 1 aliphatic heterocycles. The normalized spacial score (nSPS) is 15.8. The molecule has 0 fully saturated rings. The lowest BCUT2D eigenvalue weighted by Crippen LogP contribution is -2.24. The number of benzene rings is 3. The molecule has 0 aromatic heterocycles. The fraction of sp³-hybridized carbons (Fsp3) is 0.182. The maximum Gasteiger partial charge on any atom is 0.131 e. The van der Waals surface area contributed by atoms with Crippen LogP contribution in [0, 0.1) is 6.92 Å². The van der Waals surface area contributed by atoms with Gasteiger partial charge in [-0.2, -0.15) is 0 Å². The largest absolute Gasteiger partial charge is 0.488 e. The Morgan fingerprint density at radius 3 is 2.46 bits per heavy atom. The lowest BCUT2D eigenvalue weighted by molar-refractivity contribution is 0.242. The standard InChI is InChI=1S/C22H21NO/c1-15-6-5-9-17(10-15)21-13-18(16-7-3-2-4-8-16)11-19-12-20(14-23)24-22(19)21/h2-11,13,20H,12,14,23H2,1H3. The van der Waals surface area contributed by atoms with Gasteiger partial charge in [0.15, 0.2) is 0 Å². The maximum atomic E-state index is 6.15. The Morgan fingerprint density at radius 1 is 0.917 bits per heavy atom. The summed E-state index contributed by atoms with van der Waals surface area (Å²) in [7, 11) is 0. The van der Waals surface area contributed by atoms with Crippen molar-refractivity contribution in [1.82, 2.24) is 0 Å². The Kier molecular flexibility index (Phi) is 3.83. The van der Waals surface area contributed by atoms with E-state index in [2.05, 4.69) is 67.6 Å². The Morgan fingerprint density at radius 2 is 1.71 bits per heavy atom. The summed E-state index contributed by atoms with van der Waals surface area (Å²) >= 11 is 0. The van der Waals surface area contributed by atoms with Gasteiger partial charge in [0.1, 0.15) is 11.9 Å². The summed E-state index contributed by atoms with van der Waals surface area (Å²) in [6, 6.07) is 23.6. The van der Waals surface area contributed by atoms with E-state index in [4.69, 9.17) is 10.5 Å². The summed E-state index contributed by atoms with van der Waals surface area (Å²) in [6.45, 7) is 2.66. The molecule has 2 nitrogen and oxygen atoms in total. The summed E-state index contributed by atoms with van der Waals surface area (Å²) in [5.41, 5.74) is 13.2. The highest BCUT2D eigenvalue weighted by Crippen LogP contribution is 2.42. The van der Waals surface area contributed by atoms with Crippen molar-refractivity contribution in [3.05, 3.63) is 77.9 Å². The van der Waals surface area contributed by atoms with Gasteiger partial charge in [0.25, 0.3) is 0 Å². The predicted molar refractivity (Wildman–Crippen MR) is 99.2 cm³/mol. The van der Waals surface area contributed by atoms with Crippen molar-refractivity contribution >= 4 is 0 Å². The number of nitrogens with two attached hydrogens (primary N) is 1. The molecule has 0 aliphatic carbocycles. The summed E-state index contributed by atoms with van der Waals surface area (Å²) in [5, 5.41) is 0. The van der Waals surface area contributed by atoms with E-state index in [-0.39, 0.29) is 6.10 Å². The van der Waals surface area contributed by atoms with Gasteiger partial charge in [0.2, 0.25) is 0 Å². The highest BCUT2D eigenvalue weighted by atomic mass is 16.5. The average Bonchev–Trinajstić information content (AvgIpc) is 3.05. The lowest BCUT2D eigenvalue weighted by Gasteiger charge is -2.13. The van der Waals surface area contributed by atoms with Crippen LogP contribution >= 0.6 is 0 Å². The smallest absolute Gasteiger partial charge is 0.131 e. The minimum Gasteiger partial charge on any atom is -0.488 e. The van der Waals surface area contributed by atoms with Crippen LogP contribution in [0.2, 0.25) is 0 Å². The van der Waals surface area contributed by atoms with Crippen LogP contribution in [-0.2, 0) is 6.42 Å². The predicted octanol–water partition coefficient (Wildman–Crippen LogP) is 4.59. The molecule has 4 rings (SSSR count). The highest BCUT2D eigenvalue weighted by molar-refractivity contribution is 5.80. The van der Waals surface area contributed by atoms with Crippen LogP contribution in [0.1, 0.15) is 11.1 Å². The molecule has 24 heavy (non-hydrogen) atoms. The van der Waals surface area contributed by atoms with Crippen molar-refractivity contribution in [3.63, 3.8) is 0 Å². The summed E-state index contributed by atoms with van der Waals surface area (Å²) in [5.74, 6) is 0.996. The molecule has 3 aromatic carbocycles. The molecule has 0 radical (unpaired) electrons. The molecule has 0 saturated carbocycles. The third-order valence-corrected chi connectivity index (χ3v) is 4.60. The average molecular weight is 315 g/mol. The van der Waals surface area contributed by atoms with Crippen LogP contribution in [0.3, 0.4) is 0 Å². The van der Waals surface area contributed by atoms with Gasteiger partial charge in [0, 0.05) is 18.5 Å². The van der Waals surface area contributed by atoms with Crippen LogP contribution in [0.5, 0.6) is 5.75 Å². The molecule has 0 bridgehead atoms. The van der Waals surface area contributed by atoms with Crippen molar-refractivity contribution in [2.45, 2.75) is 19.4 Å². The number of ether oxygens (including phenoxy) is 1. The highest BCUT2D eigenvalue weighted by Gasteiger charge is 2.26. The molecule has 1 aliphatic rings. The first-order valence-electron chi connectivity index (χ1n) is 8.40. The summed E-state index contributed by atoms with van der Waals surface area (Å²) < 4.78 is 6.15. The quantitative estimate of drug-likeness (QED) is 0.767. The molecular weight excluding hydrogens is 294 g/mol. The van der Waals surface area contributed by atoms with Gasteiger partial charge in [-0.1, -0.05) is 60.2 Å². The second-order valence-electron chi connectivity index (χ2n) is 6.43. The topological polar surface area (TPSA) is 35.2 Å². The van der Waals surface area contributed by atoms with Crippen molar-refractivity contribution in [1.29, 1.82) is 0 Å². The van der Waals surface area contributed by atoms with Crippen LogP contribution in [0.15, 0.2) is 66.7 Å². The van der Waals surface area contributed by atoms with Crippen molar-refractivity contribution in [2.75, 3.05) is 6.54 Å². The van der Waals surface area contributed by atoms with E-state index in [1.165, 1.54) is 27.8 Å². The molecule has 0 amide bonds. The van der Waals surface area contributed by atoms with Gasteiger partial charge in [-0.15, -0.1) is 0 Å². The zero-order valence-corrected chi connectivity index (χ0v) is 13.8. The van der Waals surface area contributed by atoms with E-state index < -0.39 is 0 Å². The molecule has 0 saturated heterocycles. The molecule has 1 heterocycles. The second-order valence-corrected chi connectivity index (χ2v) is 6.43. The molecule has 1 atom stereocenters. The summed E-state index contributed by atoms with van der Waals surface area (Å²) in [6.07, 6.45) is 0.959. The van der Waals surface area contributed by atoms with Gasteiger partial charge in [-0.25, -0.2) is 0 Å². The molecule has 2 N–H and O–H groups in total. The fourth-order valence-electron chi connectivity index (χ4n) is 3.39. The van der Waals surface area contributed by atoms with Crippen molar-refractivity contribution in [2.24, 2.45) is 5.73 Å². The van der Waals surface area contributed by atoms with Crippen LogP contribution in [0.4, 0.5) is 0 Å². The van der Waals surface area contributed by atoms with Gasteiger partial charge in [0.05, 0.1) is 0 Å². The molecule has 3 aromatic rings. The van der Waals surface area contributed by atoms with E-state index >= 15 is 0 Å². The first-order chi connectivity index (χ1) is 11.7. The third kappa shape index (κ3) is 2.70. The van der Waals surface area contributed by atoms with Gasteiger partial charge < -0.3 is 10.5 Å². The zero-order chi connectivity index (χ0) is 16.5. The number of hydrogen-bond donors (Lipinski definition) is 1. The monoisotopic (exact) mass is 315 g/mol. The number of fused-ring (bicyclic) bond motifs is 1. The maximum absolute atomic E-state index is 6.15. The lowest BCUT2D eigenvalue weighted by atomic mass is 9.94. The third-order valence-electron chi connectivity index (χ3n) is 4.60. The van der Waals surface area contributed by atoms with E-state index in [1.54, 1.807) is 0 Å². The van der Waals surface area contributed by atoms with Crippen LogP contribution in [-0.4, -0.2) is 12.6 Å². The second kappa shape index (κ2) is 6.14. The van der Waals surface area contributed by atoms with E-state index in [0.29, 0.717) is 6.54 Å². The Labute approximate surface area is 142 Å². The van der Waals surface area contributed by atoms with E-state index in [0.717, 1.165) is 17.7 Å². The van der Waals surface area contributed by atoms with Crippen molar-refractivity contribution in [3.8, 4) is 28.0 Å². The molecule has 0 spiro atoms. The van der Waals surface area contributed by atoms with Gasteiger partial charge >= 0.3 is 0 Å². The van der Waals surface area contributed by atoms with E-state index in [1.807, 2.05) is 6.07 Å². The van der Waals surface area contributed by atoms with Crippen LogP contribution < -0.4 is 10.5 Å². The molecule has 120 valence electrons. The SMILES string of the molecule is Cc1cccc(-c2cc(-c3ccccc3)cc3c2OC(CN)C3)c1. The molecular formula is C22H21NO. The summed E-state index contributed by atoms with van der Waals surface area (Å²) in [4.78, 5) is 0. The van der Waals surface area contributed by atoms with Gasteiger partial charge in [-0.05, 0) is 41.3 Å². The Bertz CT molecular complexity index is 870.